The molecule has 2 atom stereocenters. The Morgan fingerprint density at radius 1 is 0.941 bits per heavy atom. The lowest BCUT2D eigenvalue weighted by Crippen LogP contribution is -2.43. The van der Waals surface area contributed by atoms with Gasteiger partial charge in [-0.15, -0.1) is 0 Å². The summed E-state index contributed by atoms with van der Waals surface area (Å²) >= 11 is 0. The lowest BCUT2D eigenvalue weighted by molar-refractivity contribution is -0.121. The smallest absolute Gasteiger partial charge is 0.319 e. The minimum absolute atomic E-state index is 0.0741. The van der Waals surface area contributed by atoms with Crippen LogP contribution in [0.4, 0.5) is 20.6 Å². The van der Waals surface area contributed by atoms with E-state index in [1.54, 1.807) is 29.2 Å². The molecule has 2 aliphatic rings. The second-order valence-corrected chi connectivity index (χ2v) is 8.63. The molecule has 0 spiro atoms. The van der Waals surface area contributed by atoms with Gasteiger partial charge < -0.3 is 25.6 Å². The summed E-state index contributed by atoms with van der Waals surface area (Å²) in [5, 5.41) is 8.45. The number of hydrogen-bond acceptors (Lipinski definition) is 4. The van der Waals surface area contributed by atoms with Crippen molar-refractivity contribution in [3.63, 3.8) is 0 Å². The van der Waals surface area contributed by atoms with E-state index in [9.17, 15) is 18.8 Å². The van der Waals surface area contributed by atoms with E-state index in [0.717, 1.165) is 25.9 Å². The summed E-state index contributed by atoms with van der Waals surface area (Å²) in [5.41, 5.74) is 1.62. The number of amides is 4. The predicted molar refractivity (Wildman–Crippen MR) is 126 cm³/mol. The summed E-state index contributed by atoms with van der Waals surface area (Å²) < 4.78 is 18.6. The van der Waals surface area contributed by atoms with Crippen LogP contribution in [0.15, 0.2) is 48.5 Å². The molecule has 0 aliphatic carbocycles. The molecule has 0 unspecified atom stereocenters. The molecule has 9 heteroatoms. The zero-order valence-electron chi connectivity index (χ0n) is 18.9. The number of nitrogens with zero attached hydrogens (tertiary/aromatic N) is 1. The molecule has 2 aliphatic heterocycles. The molecule has 2 aromatic carbocycles. The zero-order chi connectivity index (χ0) is 23.9. The van der Waals surface area contributed by atoms with Gasteiger partial charge in [-0.2, -0.15) is 0 Å². The van der Waals surface area contributed by atoms with Gasteiger partial charge in [0.05, 0.1) is 12.0 Å². The van der Waals surface area contributed by atoms with Crippen LogP contribution >= 0.6 is 0 Å². The Bertz CT molecular complexity index is 1010. The molecule has 4 rings (SSSR count). The van der Waals surface area contributed by atoms with E-state index in [1.165, 1.54) is 24.3 Å². The molecule has 2 saturated heterocycles. The number of likely N-dealkylation sites (tertiary alicyclic amines) is 1. The first-order chi connectivity index (χ1) is 16.5. The molecule has 8 nitrogen and oxygen atoms in total. The summed E-state index contributed by atoms with van der Waals surface area (Å²) in [6, 6.07) is 12.0. The SMILES string of the molecule is O=C(NC[C@@H]1CCCO1)Nc1ccc(NC(=O)[C@H]2CCCN(C(=O)c3ccc(F)cc3)C2)cc1. The van der Waals surface area contributed by atoms with Crippen LogP contribution < -0.4 is 16.0 Å². The Morgan fingerprint density at radius 2 is 1.65 bits per heavy atom. The molecular weight excluding hydrogens is 439 g/mol. The van der Waals surface area contributed by atoms with E-state index in [0.29, 0.717) is 43.0 Å². The van der Waals surface area contributed by atoms with Gasteiger partial charge in [-0.3, -0.25) is 9.59 Å². The number of carbonyl (C=O) groups is 3. The van der Waals surface area contributed by atoms with Crippen LogP contribution in [-0.4, -0.2) is 55.1 Å². The van der Waals surface area contributed by atoms with Crippen molar-refractivity contribution in [3.8, 4) is 0 Å². The third kappa shape index (κ3) is 6.32. The summed E-state index contributed by atoms with van der Waals surface area (Å²) in [6.45, 7) is 2.09. The van der Waals surface area contributed by atoms with E-state index >= 15 is 0 Å². The largest absolute Gasteiger partial charge is 0.376 e. The van der Waals surface area contributed by atoms with E-state index in [1.807, 2.05) is 0 Å². The first-order valence-corrected chi connectivity index (χ1v) is 11.6. The highest BCUT2D eigenvalue weighted by atomic mass is 19.1. The number of rotatable bonds is 6. The molecule has 2 fully saturated rings. The topological polar surface area (TPSA) is 99.8 Å². The Morgan fingerprint density at radius 3 is 2.32 bits per heavy atom. The average molecular weight is 469 g/mol. The van der Waals surface area contributed by atoms with Crippen molar-refractivity contribution in [2.24, 2.45) is 5.92 Å². The van der Waals surface area contributed by atoms with Crippen LogP contribution in [0.5, 0.6) is 0 Å². The maximum Gasteiger partial charge on any atom is 0.319 e. The van der Waals surface area contributed by atoms with Gasteiger partial charge in [0.15, 0.2) is 0 Å². The van der Waals surface area contributed by atoms with Crippen molar-refractivity contribution in [1.82, 2.24) is 10.2 Å². The van der Waals surface area contributed by atoms with E-state index in [-0.39, 0.29) is 29.9 Å². The highest BCUT2D eigenvalue weighted by Gasteiger charge is 2.29. The fourth-order valence-electron chi connectivity index (χ4n) is 4.22. The van der Waals surface area contributed by atoms with Crippen LogP contribution in [0.2, 0.25) is 0 Å². The van der Waals surface area contributed by atoms with Crippen LogP contribution in [0.25, 0.3) is 0 Å². The van der Waals surface area contributed by atoms with Gasteiger partial charge in [-0.1, -0.05) is 0 Å². The third-order valence-electron chi connectivity index (χ3n) is 6.10. The number of hydrogen-bond donors (Lipinski definition) is 3. The van der Waals surface area contributed by atoms with Crippen molar-refractivity contribution >= 4 is 29.2 Å². The first-order valence-electron chi connectivity index (χ1n) is 11.6. The van der Waals surface area contributed by atoms with Gasteiger partial charge in [0.25, 0.3) is 5.91 Å². The standard InChI is InChI=1S/C25H29FN4O4/c26-19-7-5-17(6-8-19)24(32)30-13-1-3-18(16-30)23(31)28-20-9-11-21(12-10-20)29-25(33)27-15-22-4-2-14-34-22/h5-12,18,22H,1-4,13-16H2,(H,28,31)(H2,27,29,33)/t18-,22-/m0/s1. The number of ether oxygens (including phenoxy) is 1. The van der Waals surface area contributed by atoms with Crippen LogP contribution in [-0.2, 0) is 9.53 Å². The van der Waals surface area contributed by atoms with Crippen molar-refractivity contribution in [2.45, 2.75) is 31.8 Å². The lowest BCUT2D eigenvalue weighted by atomic mass is 9.96. The molecule has 0 bridgehead atoms. The quantitative estimate of drug-likeness (QED) is 0.603. The van der Waals surface area contributed by atoms with Gasteiger partial charge in [0.2, 0.25) is 5.91 Å². The van der Waals surface area contributed by atoms with Crippen molar-refractivity contribution in [3.05, 3.63) is 59.9 Å². The number of urea groups is 1. The lowest BCUT2D eigenvalue weighted by Gasteiger charge is -2.32. The normalized spacial score (nSPS) is 20.0. The Labute approximate surface area is 197 Å². The van der Waals surface area contributed by atoms with E-state index in [2.05, 4.69) is 16.0 Å². The van der Waals surface area contributed by atoms with Gasteiger partial charge in [-0.05, 0) is 74.2 Å². The number of benzene rings is 2. The predicted octanol–water partition coefficient (Wildman–Crippen LogP) is 3.62. The summed E-state index contributed by atoms with van der Waals surface area (Å²) in [4.78, 5) is 39.2. The molecule has 4 amide bonds. The summed E-state index contributed by atoms with van der Waals surface area (Å²) in [7, 11) is 0. The van der Waals surface area contributed by atoms with Crippen LogP contribution in [0.3, 0.4) is 0 Å². The Balaban J connectivity index is 1.26. The number of carbonyl (C=O) groups excluding carboxylic acids is 3. The van der Waals surface area contributed by atoms with E-state index < -0.39 is 5.82 Å². The van der Waals surface area contributed by atoms with Crippen LogP contribution in [0.1, 0.15) is 36.0 Å². The number of anilines is 2. The Hall–Kier alpha value is -3.46. The van der Waals surface area contributed by atoms with Crippen molar-refractivity contribution in [1.29, 1.82) is 0 Å². The number of halogens is 1. The maximum atomic E-state index is 13.1. The zero-order valence-corrected chi connectivity index (χ0v) is 18.9. The molecular formula is C25H29FN4O4. The highest BCUT2D eigenvalue weighted by molar-refractivity contribution is 5.96. The fraction of sp³-hybridized carbons (Fsp3) is 0.400. The molecule has 2 aromatic rings. The molecule has 180 valence electrons. The van der Waals surface area contributed by atoms with Crippen molar-refractivity contribution in [2.75, 3.05) is 36.9 Å². The van der Waals surface area contributed by atoms with Gasteiger partial charge in [0, 0.05) is 43.2 Å². The van der Waals surface area contributed by atoms with Crippen LogP contribution in [0, 0.1) is 11.7 Å². The fourth-order valence-corrected chi connectivity index (χ4v) is 4.22. The maximum absolute atomic E-state index is 13.1. The molecule has 0 saturated carbocycles. The molecule has 0 radical (unpaired) electrons. The minimum atomic E-state index is -0.395. The summed E-state index contributed by atoms with van der Waals surface area (Å²) in [5.74, 6) is -1.09. The summed E-state index contributed by atoms with van der Waals surface area (Å²) in [6.07, 6.45) is 3.45. The first kappa shape index (κ1) is 23.7. The second-order valence-electron chi connectivity index (χ2n) is 8.63. The Kier molecular flexibility index (Phi) is 7.74. The average Bonchev–Trinajstić information content (AvgIpc) is 3.38. The van der Waals surface area contributed by atoms with Gasteiger partial charge >= 0.3 is 6.03 Å². The monoisotopic (exact) mass is 468 g/mol. The van der Waals surface area contributed by atoms with E-state index in [4.69, 9.17) is 4.74 Å². The highest BCUT2D eigenvalue weighted by Crippen LogP contribution is 2.22. The van der Waals surface area contributed by atoms with Crippen molar-refractivity contribution < 1.29 is 23.5 Å². The second kappa shape index (κ2) is 11.1. The minimum Gasteiger partial charge on any atom is -0.376 e. The number of nitrogens with one attached hydrogen (secondary N) is 3. The number of piperidine rings is 1. The van der Waals surface area contributed by atoms with Gasteiger partial charge in [-0.25, -0.2) is 9.18 Å². The molecule has 34 heavy (non-hydrogen) atoms. The third-order valence-corrected chi connectivity index (χ3v) is 6.10. The van der Waals surface area contributed by atoms with Gasteiger partial charge in [0.1, 0.15) is 5.82 Å². The molecule has 2 heterocycles. The molecule has 0 aromatic heterocycles. The molecule has 3 N–H and O–H groups in total.